The van der Waals surface area contributed by atoms with E-state index in [2.05, 4.69) is 0 Å². The first kappa shape index (κ1) is 13.3. The minimum Gasteiger partial charge on any atom is -0.447 e. The predicted molar refractivity (Wildman–Crippen MR) is 67.4 cm³/mol. The van der Waals surface area contributed by atoms with Crippen LogP contribution in [0.5, 0.6) is 0 Å². The Morgan fingerprint density at radius 3 is 2.63 bits per heavy atom. The molecule has 0 N–H and O–H groups in total. The Balaban J connectivity index is 2.09. The summed E-state index contributed by atoms with van der Waals surface area (Å²) in [6, 6.07) is 9.22. The molecule has 5 heteroatoms. The molecule has 0 bridgehead atoms. The molecule has 5 nitrogen and oxygen atoms in total. The van der Waals surface area contributed by atoms with Gasteiger partial charge in [0.1, 0.15) is 12.4 Å². The third-order valence-corrected chi connectivity index (χ3v) is 2.94. The van der Waals surface area contributed by atoms with Crippen LogP contribution in [0.15, 0.2) is 30.3 Å². The zero-order valence-electron chi connectivity index (χ0n) is 10.7. The second kappa shape index (κ2) is 5.65. The Morgan fingerprint density at radius 1 is 1.32 bits per heavy atom. The van der Waals surface area contributed by atoms with Crippen molar-refractivity contribution in [1.82, 2.24) is 4.90 Å². The van der Waals surface area contributed by atoms with Crippen LogP contribution in [0.25, 0.3) is 0 Å². The largest absolute Gasteiger partial charge is 0.447 e. The highest BCUT2D eigenvalue weighted by Crippen LogP contribution is 2.18. The Bertz CT molecular complexity index is 497. The second-order valence-corrected chi connectivity index (χ2v) is 4.56. The molecule has 1 aromatic carbocycles. The highest BCUT2D eigenvalue weighted by molar-refractivity contribution is 6.03. The SMILES string of the molecule is CC(=O)CC(=O)N1C(=O)OC[C@H]1Cc1ccccc1. The van der Waals surface area contributed by atoms with E-state index in [4.69, 9.17) is 4.74 Å². The zero-order valence-corrected chi connectivity index (χ0v) is 10.7. The molecule has 1 aliphatic heterocycles. The lowest BCUT2D eigenvalue weighted by atomic mass is 10.1. The van der Waals surface area contributed by atoms with Gasteiger partial charge >= 0.3 is 6.09 Å². The van der Waals surface area contributed by atoms with Crippen LogP contribution < -0.4 is 0 Å². The molecule has 1 atom stereocenters. The molecule has 1 heterocycles. The Morgan fingerprint density at radius 2 is 2.00 bits per heavy atom. The van der Waals surface area contributed by atoms with Crippen molar-refractivity contribution in [2.45, 2.75) is 25.8 Å². The summed E-state index contributed by atoms with van der Waals surface area (Å²) in [5, 5.41) is 0. The van der Waals surface area contributed by atoms with E-state index >= 15 is 0 Å². The lowest BCUT2D eigenvalue weighted by molar-refractivity contribution is -0.133. The van der Waals surface area contributed by atoms with Gasteiger partial charge in [0, 0.05) is 0 Å². The number of Topliss-reactive ketones (excluding diaryl/α,β-unsaturated/α-hetero) is 1. The molecule has 0 aliphatic carbocycles. The highest BCUT2D eigenvalue weighted by Gasteiger charge is 2.37. The monoisotopic (exact) mass is 261 g/mol. The number of imide groups is 1. The summed E-state index contributed by atoms with van der Waals surface area (Å²) < 4.78 is 4.91. The third-order valence-electron chi connectivity index (χ3n) is 2.94. The Hall–Kier alpha value is -2.17. The maximum atomic E-state index is 11.9. The number of hydrogen-bond donors (Lipinski definition) is 0. The van der Waals surface area contributed by atoms with Crippen LogP contribution in [-0.2, 0) is 20.7 Å². The molecule has 1 fully saturated rings. The summed E-state index contributed by atoms with van der Waals surface area (Å²) in [5.41, 5.74) is 1.02. The number of cyclic esters (lactones) is 1. The Labute approximate surface area is 111 Å². The fourth-order valence-electron chi connectivity index (χ4n) is 2.10. The van der Waals surface area contributed by atoms with Gasteiger partial charge in [0.25, 0.3) is 0 Å². The molecule has 1 aliphatic rings. The van der Waals surface area contributed by atoms with Crippen LogP contribution >= 0.6 is 0 Å². The van der Waals surface area contributed by atoms with E-state index in [1.807, 2.05) is 30.3 Å². The molecule has 100 valence electrons. The van der Waals surface area contributed by atoms with E-state index in [0.717, 1.165) is 10.5 Å². The molecular formula is C14H15NO4. The van der Waals surface area contributed by atoms with E-state index in [0.29, 0.717) is 6.42 Å². The minimum atomic E-state index is -0.660. The number of nitrogens with zero attached hydrogens (tertiary/aromatic N) is 1. The molecule has 0 spiro atoms. The van der Waals surface area contributed by atoms with Crippen LogP contribution in [0.2, 0.25) is 0 Å². The molecule has 0 aromatic heterocycles. The average molecular weight is 261 g/mol. The van der Waals surface area contributed by atoms with Gasteiger partial charge in [0.15, 0.2) is 0 Å². The summed E-state index contributed by atoms with van der Waals surface area (Å²) in [4.78, 5) is 35.5. The first-order chi connectivity index (χ1) is 9.08. The number of amides is 2. The van der Waals surface area contributed by atoms with Crippen molar-refractivity contribution in [3.05, 3.63) is 35.9 Å². The molecule has 19 heavy (non-hydrogen) atoms. The number of hydrogen-bond acceptors (Lipinski definition) is 4. The van der Waals surface area contributed by atoms with E-state index in [1.54, 1.807) is 0 Å². The van der Waals surface area contributed by atoms with E-state index in [9.17, 15) is 14.4 Å². The molecular weight excluding hydrogens is 246 g/mol. The van der Waals surface area contributed by atoms with Crippen molar-refractivity contribution in [2.75, 3.05) is 6.61 Å². The quantitative estimate of drug-likeness (QED) is 0.771. The molecule has 1 saturated heterocycles. The van der Waals surface area contributed by atoms with Gasteiger partial charge in [-0.2, -0.15) is 0 Å². The van der Waals surface area contributed by atoms with Crippen molar-refractivity contribution in [2.24, 2.45) is 0 Å². The summed E-state index contributed by atoms with van der Waals surface area (Å²) in [6.45, 7) is 1.50. The second-order valence-electron chi connectivity index (χ2n) is 4.56. The summed E-state index contributed by atoms with van der Waals surface area (Å²) in [7, 11) is 0. The van der Waals surface area contributed by atoms with Crippen molar-refractivity contribution in [3.63, 3.8) is 0 Å². The summed E-state index contributed by atoms with van der Waals surface area (Å²) >= 11 is 0. The molecule has 0 saturated carbocycles. The van der Waals surface area contributed by atoms with Gasteiger partial charge in [-0.15, -0.1) is 0 Å². The lowest BCUT2D eigenvalue weighted by Crippen LogP contribution is -2.40. The van der Waals surface area contributed by atoms with Crippen LogP contribution in [0.4, 0.5) is 4.79 Å². The van der Waals surface area contributed by atoms with Gasteiger partial charge < -0.3 is 4.74 Å². The number of carbonyl (C=O) groups excluding carboxylic acids is 3. The predicted octanol–water partition coefficient (Wildman–Crippen LogP) is 1.56. The van der Waals surface area contributed by atoms with Crippen LogP contribution in [-0.4, -0.2) is 35.3 Å². The molecule has 0 radical (unpaired) electrons. The zero-order chi connectivity index (χ0) is 13.8. The standard InChI is InChI=1S/C14H15NO4/c1-10(16)7-13(17)15-12(9-19-14(15)18)8-11-5-3-2-4-6-11/h2-6,12H,7-9H2,1H3/t12-/m1/s1. The number of carbonyl (C=O) groups is 3. The smallest absolute Gasteiger partial charge is 0.416 e. The Kier molecular flexibility index (Phi) is 3.94. The first-order valence-corrected chi connectivity index (χ1v) is 6.10. The van der Waals surface area contributed by atoms with Gasteiger partial charge in [-0.25, -0.2) is 9.69 Å². The van der Waals surface area contributed by atoms with E-state index in [1.165, 1.54) is 6.92 Å². The van der Waals surface area contributed by atoms with Crippen molar-refractivity contribution in [3.8, 4) is 0 Å². The number of benzene rings is 1. The third kappa shape index (κ3) is 3.19. The van der Waals surface area contributed by atoms with Crippen LogP contribution in [0.3, 0.4) is 0 Å². The fourth-order valence-corrected chi connectivity index (χ4v) is 2.10. The van der Waals surface area contributed by atoms with E-state index < -0.39 is 12.0 Å². The highest BCUT2D eigenvalue weighted by atomic mass is 16.6. The van der Waals surface area contributed by atoms with Crippen LogP contribution in [0, 0.1) is 0 Å². The van der Waals surface area contributed by atoms with Gasteiger partial charge in [-0.05, 0) is 18.9 Å². The summed E-state index contributed by atoms with van der Waals surface area (Å²) in [6.07, 6.45) is -0.386. The molecule has 1 aromatic rings. The van der Waals surface area contributed by atoms with Crippen molar-refractivity contribution < 1.29 is 19.1 Å². The van der Waals surface area contributed by atoms with Crippen molar-refractivity contribution >= 4 is 17.8 Å². The molecule has 2 rings (SSSR count). The molecule has 0 unspecified atom stereocenters. The fraction of sp³-hybridized carbons (Fsp3) is 0.357. The van der Waals surface area contributed by atoms with Crippen molar-refractivity contribution in [1.29, 1.82) is 0 Å². The van der Waals surface area contributed by atoms with Crippen LogP contribution in [0.1, 0.15) is 18.9 Å². The van der Waals surface area contributed by atoms with Gasteiger partial charge in [-0.3, -0.25) is 9.59 Å². The van der Waals surface area contributed by atoms with E-state index in [-0.39, 0.29) is 24.9 Å². The number of rotatable bonds is 4. The average Bonchev–Trinajstić information content (AvgIpc) is 2.71. The number of ketones is 1. The first-order valence-electron chi connectivity index (χ1n) is 6.10. The van der Waals surface area contributed by atoms with Gasteiger partial charge in [0.05, 0.1) is 12.5 Å². The normalized spacial score (nSPS) is 18.3. The minimum absolute atomic E-state index is 0.178. The lowest BCUT2D eigenvalue weighted by Gasteiger charge is -2.19. The van der Waals surface area contributed by atoms with Gasteiger partial charge in [0.2, 0.25) is 5.91 Å². The molecule has 2 amide bonds. The number of ether oxygens (including phenoxy) is 1. The topological polar surface area (TPSA) is 63.7 Å². The summed E-state index contributed by atoms with van der Waals surface area (Å²) in [5.74, 6) is -0.751. The maximum Gasteiger partial charge on any atom is 0.416 e. The maximum absolute atomic E-state index is 11.9. The van der Waals surface area contributed by atoms with Gasteiger partial charge in [-0.1, -0.05) is 30.3 Å².